The molecule has 0 spiro atoms. The van der Waals surface area contributed by atoms with Crippen molar-refractivity contribution in [2.75, 3.05) is 6.54 Å². The number of amides is 2. The summed E-state index contributed by atoms with van der Waals surface area (Å²) >= 11 is 0. The van der Waals surface area contributed by atoms with E-state index in [-0.39, 0.29) is 17.6 Å². The SMILES string of the molecule is CC1(C)CCCN1C(=O)NC1C=CC(C(=O)O)C1. The number of likely N-dealkylation sites (tertiary alicyclic amines) is 1. The smallest absolute Gasteiger partial charge is 0.318 e. The van der Waals surface area contributed by atoms with Gasteiger partial charge in [-0.15, -0.1) is 0 Å². The molecular weight excluding hydrogens is 232 g/mol. The third kappa shape index (κ3) is 2.49. The Hall–Kier alpha value is -1.52. The van der Waals surface area contributed by atoms with Gasteiger partial charge in [0.25, 0.3) is 0 Å². The van der Waals surface area contributed by atoms with Gasteiger partial charge in [0.2, 0.25) is 0 Å². The van der Waals surface area contributed by atoms with Crippen LogP contribution in [0.1, 0.15) is 33.1 Å². The average molecular weight is 252 g/mol. The van der Waals surface area contributed by atoms with Gasteiger partial charge in [-0.05, 0) is 33.1 Å². The molecule has 1 aliphatic heterocycles. The Balaban J connectivity index is 1.90. The number of nitrogens with zero attached hydrogens (tertiary/aromatic N) is 1. The van der Waals surface area contributed by atoms with Crippen LogP contribution in [-0.4, -0.2) is 40.1 Å². The van der Waals surface area contributed by atoms with Crippen LogP contribution in [0, 0.1) is 5.92 Å². The minimum atomic E-state index is -0.829. The monoisotopic (exact) mass is 252 g/mol. The van der Waals surface area contributed by atoms with Gasteiger partial charge in [-0.25, -0.2) is 4.79 Å². The fourth-order valence-corrected chi connectivity index (χ4v) is 2.71. The second-order valence-corrected chi connectivity index (χ2v) is 5.69. The molecule has 2 aliphatic rings. The molecular formula is C13H20N2O3. The predicted octanol–water partition coefficient (Wildman–Crippen LogP) is 1.60. The summed E-state index contributed by atoms with van der Waals surface area (Å²) in [4.78, 5) is 24.8. The van der Waals surface area contributed by atoms with Gasteiger partial charge in [-0.1, -0.05) is 12.2 Å². The summed E-state index contributed by atoms with van der Waals surface area (Å²) in [6.45, 7) is 4.89. The first-order valence-corrected chi connectivity index (χ1v) is 6.39. The first kappa shape index (κ1) is 12.9. The van der Waals surface area contributed by atoms with Gasteiger partial charge < -0.3 is 15.3 Å². The molecule has 2 N–H and O–H groups in total. The number of aliphatic carboxylic acids is 1. The second-order valence-electron chi connectivity index (χ2n) is 5.69. The second kappa shape index (κ2) is 4.63. The van der Waals surface area contributed by atoms with Gasteiger partial charge in [0.15, 0.2) is 0 Å². The van der Waals surface area contributed by atoms with Crippen molar-refractivity contribution in [2.24, 2.45) is 5.92 Å². The summed E-state index contributed by atoms with van der Waals surface area (Å²) in [5.41, 5.74) is -0.0986. The van der Waals surface area contributed by atoms with Crippen LogP contribution in [0.15, 0.2) is 12.2 Å². The zero-order valence-electron chi connectivity index (χ0n) is 10.8. The van der Waals surface area contributed by atoms with E-state index in [9.17, 15) is 9.59 Å². The van der Waals surface area contributed by atoms with Crippen molar-refractivity contribution < 1.29 is 14.7 Å². The van der Waals surface area contributed by atoms with E-state index in [1.54, 1.807) is 12.2 Å². The van der Waals surface area contributed by atoms with Crippen LogP contribution < -0.4 is 5.32 Å². The predicted molar refractivity (Wildman–Crippen MR) is 67.2 cm³/mol. The summed E-state index contributed by atoms with van der Waals surface area (Å²) < 4.78 is 0. The van der Waals surface area contributed by atoms with Crippen LogP contribution in [0.25, 0.3) is 0 Å². The highest BCUT2D eigenvalue weighted by Crippen LogP contribution is 2.28. The van der Waals surface area contributed by atoms with Crippen LogP contribution >= 0.6 is 0 Å². The normalized spacial score (nSPS) is 29.6. The van der Waals surface area contributed by atoms with Gasteiger partial charge in [0, 0.05) is 12.1 Å². The first-order valence-electron chi connectivity index (χ1n) is 6.39. The molecule has 5 nitrogen and oxygen atoms in total. The van der Waals surface area contributed by atoms with E-state index in [0.29, 0.717) is 6.42 Å². The van der Waals surface area contributed by atoms with Crippen molar-refractivity contribution >= 4 is 12.0 Å². The van der Waals surface area contributed by atoms with Crippen LogP contribution in [-0.2, 0) is 4.79 Å². The molecule has 2 atom stereocenters. The van der Waals surface area contributed by atoms with E-state index < -0.39 is 11.9 Å². The van der Waals surface area contributed by atoms with E-state index in [0.717, 1.165) is 19.4 Å². The quantitative estimate of drug-likeness (QED) is 0.733. The zero-order chi connectivity index (χ0) is 13.3. The van der Waals surface area contributed by atoms with Crippen LogP contribution in [0.4, 0.5) is 4.79 Å². The maximum absolute atomic E-state index is 12.1. The standard InChI is InChI=1S/C13H20N2O3/c1-13(2)6-3-7-15(13)12(18)14-10-5-4-9(8-10)11(16)17/h4-5,9-10H,3,6-8H2,1-2H3,(H,14,18)(H,16,17). The third-order valence-electron chi connectivity index (χ3n) is 3.86. The molecule has 1 fully saturated rings. The fourth-order valence-electron chi connectivity index (χ4n) is 2.71. The lowest BCUT2D eigenvalue weighted by atomic mass is 10.0. The number of carboxylic acid groups (broad SMARTS) is 1. The minimum absolute atomic E-state index is 0.0850. The van der Waals surface area contributed by atoms with E-state index in [1.807, 2.05) is 4.90 Å². The van der Waals surface area contributed by atoms with Crippen molar-refractivity contribution in [1.82, 2.24) is 10.2 Å². The Labute approximate surface area is 107 Å². The topological polar surface area (TPSA) is 69.6 Å². The summed E-state index contributed by atoms with van der Waals surface area (Å²) in [5, 5.41) is 11.8. The molecule has 2 unspecified atom stereocenters. The lowest BCUT2D eigenvalue weighted by molar-refractivity contribution is -0.140. The van der Waals surface area contributed by atoms with E-state index >= 15 is 0 Å². The molecule has 1 heterocycles. The number of carbonyl (C=O) groups excluding carboxylic acids is 1. The highest BCUT2D eigenvalue weighted by atomic mass is 16.4. The zero-order valence-corrected chi connectivity index (χ0v) is 10.8. The Bertz CT molecular complexity index is 390. The molecule has 0 radical (unpaired) electrons. The number of urea groups is 1. The van der Waals surface area contributed by atoms with Crippen LogP contribution in [0.2, 0.25) is 0 Å². The van der Waals surface area contributed by atoms with Gasteiger partial charge in [-0.3, -0.25) is 4.79 Å². The summed E-state index contributed by atoms with van der Waals surface area (Å²) in [6.07, 6.45) is 5.93. The largest absolute Gasteiger partial charge is 0.481 e. The molecule has 0 aromatic heterocycles. The third-order valence-corrected chi connectivity index (χ3v) is 3.86. The Morgan fingerprint density at radius 3 is 2.61 bits per heavy atom. The van der Waals surface area contributed by atoms with Crippen molar-refractivity contribution in [1.29, 1.82) is 0 Å². The molecule has 0 bridgehead atoms. The maximum atomic E-state index is 12.1. The van der Waals surface area contributed by atoms with Gasteiger partial charge in [-0.2, -0.15) is 0 Å². The molecule has 18 heavy (non-hydrogen) atoms. The number of hydrogen-bond donors (Lipinski definition) is 2. The molecule has 1 saturated heterocycles. The van der Waals surface area contributed by atoms with Gasteiger partial charge in [0.05, 0.1) is 12.0 Å². The fraction of sp³-hybridized carbons (Fsp3) is 0.692. The molecule has 1 aliphatic carbocycles. The highest BCUT2D eigenvalue weighted by Gasteiger charge is 2.36. The Kier molecular flexibility index (Phi) is 3.32. The van der Waals surface area contributed by atoms with Crippen LogP contribution in [0.5, 0.6) is 0 Å². The lowest BCUT2D eigenvalue weighted by Crippen LogP contribution is -2.50. The summed E-state index contributed by atoms with van der Waals surface area (Å²) in [5.74, 6) is -1.30. The van der Waals surface area contributed by atoms with E-state index in [4.69, 9.17) is 5.11 Å². The molecule has 100 valence electrons. The van der Waals surface area contributed by atoms with Gasteiger partial charge >= 0.3 is 12.0 Å². The van der Waals surface area contributed by atoms with E-state index in [2.05, 4.69) is 19.2 Å². The van der Waals surface area contributed by atoms with Crippen molar-refractivity contribution in [3.8, 4) is 0 Å². The molecule has 2 rings (SSSR count). The minimum Gasteiger partial charge on any atom is -0.481 e. The Morgan fingerprint density at radius 2 is 2.11 bits per heavy atom. The highest BCUT2D eigenvalue weighted by molar-refractivity contribution is 5.77. The first-order chi connectivity index (χ1) is 8.40. The van der Waals surface area contributed by atoms with Crippen molar-refractivity contribution in [3.05, 3.63) is 12.2 Å². The Morgan fingerprint density at radius 1 is 1.39 bits per heavy atom. The number of carboxylic acids is 1. The lowest BCUT2D eigenvalue weighted by Gasteiger charge is -2.32. The molecule has 0 aromatic carbocycles. The molecule has 0 saturated carbocycles. The van der Waals surface area contributed by atoms with E-state index in [1.165, 1.54) is 0 Å². The molecule has 2 amide bonds. The molecule has 5 heteroatoms. The number of nitrogens with one attached hydrogen (secondary N) is 1. The number of hydrogen-bond acceptors (Lipinski definition) is 2. The number of rotatable bonds is 2. The number of carbonyl (C=O) groups is 2. The molecule has 0 aromatic rings. The van der Waals surface area contributed by atoms with Crippen LogP contribution in [0.3, 0.4) is 0 Å². The maximum Gasteiger partial charge on any atom is 0.318 e. The summed E-state index contributed by atoms with van der Waals surface area (Å²) in [6, 6.07) is -0.242. The van der Waals surface area contributed by atoms with Gasteiger partial charge in [0.1, 0.15) is 0 Å². The van der Waals surface area contributed by atoms with Crippen molar-refractivity contribution in [3.63, 3.8) is 0 Å². The summed E-state index contributed by atoms with van der Waals surface area (Å²) in [7, 11) is 0. The van der Waals surface area contributed by atoms with Crippen molar-refractivity contribution in [2.45, 2.75) is 44.7 Å². The average Bonchev–Trinajstić information content (AvgIpc) is 2.84.